The second kappa shape index (κ2) is 5.30. The third-order valence-electron chi connectivity index (χ3n) is 3.64. The number of nitrogens with two attached hydrogens (primary N) is 1. The Morgan fingerprint density at radius 2 is 2.20 bits per heavy atom. The van der Waals surface area contributed by atoms with Crippen LogP contribution in [-0.2, 0) is 6.42 Å². The maximum atomic E-state index is 12.1. The van der Waals surface area contributed by atoms with Crippen LogP contribution in [0, 0.1) is 0 Å². The van der Waals surface area contributed by atoms with Crippen molar-refractivity contribution in [3.63, 3.8) is 0 Å². The zero-order chi connectivity index (χ0) is 13.9. The van der Waals surface area contributed by atoms with E-state index in [0.29, 0.717) is 23.8 Å². The fourth-order valence-corrected chi connectivity index (χ4v) is 2.51. The number of benzene rings is 1. The first-order chi connectivity index (χ1) is 9.78. The average Bonchev–Trinajstić information content (AvgIpc) is 2.48. The van der Waals surface area contributed by atoms with Gasteiger partial charge >= 0.3 is 0 Å². The molecule has 0 radical (unpaired) electrons. The number of nitrogen functional groups attached to an aromatic ring is 1. The molecule has 0 fully saturated rings. The van der Waals surface area contributed by atoms with Crippen molar-refractivity contribution in [2.45, 2.75) is 12.3 Å². The Morgan fingerprint density at radius 3 is 3.00 bits per heavy atom. The summed E-state index contributed by atoms with van der Waals surface area (Å²) < 4.78 is 0. The lowest BCUT2D eigenvalue weighted by atomic mass is 9.77. The van der Waals surface area contributed by atoms with Crippen LogP contribution in [0.15, 0.2) is 42.6 Å². The van der Waals surface area contributed by atoms with E-state index in [1.165, 1.54) is 11.1 Å². The Labute approximate surface area is 117 Å². The Kier molecular flexibility index (Phi) is 3.35. The third kappa shape index (κ3) is 2.35. The maximum Gasteiger partial charge on any atom is 0.251 e. The molecule has 0 saturated carbocycles. The number of nitrogens with one attached hydrogen (secondary N) is 2. The van der Waals surface area contributed by atoms with Gasteiger partial charge in [0.05, 0.1) is 0 Å². The molecule has 2 aromatic rings. The second-order valence-electron chi connectivity index (χ2n) is 4.88. The molecule has 4 N–H and O–H groups in total. The number of aromatic nitrogens is 1. The minimum atomic E-state index is -0.103. The molecule has 102 valence electrons. The van der Waals surface area contributed by atoms with Crippen molar-refractivity contribution >= 4 is 11.7 Å². The fraction of sp³-hybridized carbons (Fsp3) is 0.200. The van der Waals surface area contributed by atoms with Crippen molar-refractivity contribution < 1.29 is 4.79 Å². The standard InChI is InChI=1S/C15H16N4O/c16-19-14-8-11(5-6-17-14)15(20)18-9-12-7-10-3-1-2-4-13(10)12/h1-6,8,12H,7,9,16H2,(H,17,19)(H,18,20). The minimum Gasteiger partial charge on any atom is -0.351 e. The molecule has 20 heavy (non-hydrogen) atoms. The van der Waals surface area contributed by atoms with Crippen molar-refractivity contribution in [1.29, 1.82) is 0 Å². The van der Waals surface area contributed by atoms with Gasteiger partial charge in [-0.25, -0.2) is 10.8 Å². The number of carbonyl (C=O) groups excluding carboxylic acids is 1. The number of hydrogen-bond donors (Lipinski definition) is 3. The van der Waals surface area contributed by atoms with Crippen molar-refractivity contribution in [2.75, 3.05) is 12.0 Å². The van der Waals surface area contributed by atoms with Crippen LogP contribution >= 0.6 is 0 Å². The van der Waals surface area contributed by atoms with Crippen molar-refractivity contribution in [2.24, 2.45) is 5.84 Å². The van der Waals surface area contributed by atoms with Crippen LogP contribution in [-0.4, -0.2) is 17.4 Å². The summed E-state index contributed by atoms with van der Waals surface area (Å²) in [7, 11) is 0. The van der Waals surface area contributed by atoms with Crippen LogP contribution in [0.3, 0.4) is 0 Å². The molecule has 1 amide bonds. The van der Waals surface area contributed by atoms with Gasteiger partial charge in [0.25, 0.3) is 5.91 Å². The lowest BCUT2D eigenvalue weighted by Gasteiger charge is -2.30. The molecule has 1 aromatic carbocycles. The van der Waals surface area contributed by atoms with Gasteiger partial charge in [0.1, 0.15) is 5.82 Å². The summed E-state index contributed by atoms with van der Waals surface area (Å²) in [5.41, 5.74) is 5.71. The van der Waals surface area contributed by atoms with Gasteiger partial charge in [0.15, 0.2) is 0 Å². The van der Waals surface area contributed by atoms with Crippen LogP contribution in [0.1, 0.15) is 27.4 Å². The topological polar surface area (TPSA) is 80.0 Å². The van der Waals surface area contributed by atoms with Gasteiger partial charge < -0.3 is 10.7 Å². The minimum absolute atomic E-state index is 0.103. The lowest BCUT2D eigenvalue weighted by Crippen LogP contribution is -2.33. The highest BCUT2D eigenvalue weighted by Crippen LogP contribution is 2.33. The van der Waals surface area contributed by atoms with Crippen molar-refractivity contribution in [3.05, 3.63) is 59.3 Å². The molecule has 1 aromatic heterocycles. The predicted molar refractivity (Wildman–Crippen MR) is 77.3 cm³/mol. The molecule has 0 bridgehead atoms. The van der Waals surface area contributed by atoms with E-state index in [0.717, 1.165) is 6.42 Å². The van der Waals surface area contributed by atoms with Gasteiger partial charge in [0, 0.05) is 24.2 Å². The summed E-state index contributed by atoms with van der Waals surface area (Å²) >= 11 is 0. The van der Waals surface area contributed by atoms with Crippen LogP contribution in [0.5, 0.6) is 0 Å². The van der Waals surface area contributed by atoms with Crippen LogP contribution in [0.25, 0.3) is 0 Å². The van der Waals surface area contributed by atoms with Crippen LogP contribution < -0.4 is 16.6 Å². The first-order valence-corrected chi connectivity index (χ1v) is 6.56. The number of hydrazine groups is 1. The number of carbonyl (C=O) groups is 1. The Morgan fingerprint density at radius 1 is 1.35 bits per heavy atom. The highest BCUT2D eigenvalue weighted by atomic mass is 16.1. The summed E-state index contributed by atoms with van der Waals surface area (Å²) in [6.45, 7) is 0.656. The van der Waals surface area contributed by atoms with Crippen molar-refractivity contribution in [3.8, 4) is 0 Å². The van der Waals surface area contributed by atoms with E-state index in [1.807, 2.05) is 12.1 Å². The third-order valence-corrected chi connectivity index (χ3v) is 3.64. The van der Waals surface area contributed by atoms with Crippen LogP contribution in [0.2, 0.25) is 0 Å². The first-order valence-electron chi connectivity index (χ1n) is 6.56. The largest absolute Gasteiger partial charge is 0.351 e. The highest BCUT2D eigenvalue weighted by Gasteiger charge is 2.25. The van der Waals surface area contributed by atoms with Gasteiger partial charge in [-0.2, -0.15) is 0 Å². The smallest absolute Gasteiger partial charge is 0.251 e. The van der Waals surface area contributed by atoms with E-state index in [-0.39, 0.29) is 5.91 Å². The number of hydrogen-bond acceptors (Lipinski definition) is 4. The van der Waals surface area contributed by atoms with Gasteiger partial charge in [0.2, 0.25) is 0 Å². The Balaban J connectivity index is 1.61. The Bertz CT molecular complexity index is 641. The zero-order valence-electron chi connectivity index (χ0n) is 11.0. The first kappa shape index (κ1) is 12.6. The molecule has 1 atom stereocenters. The number of nitrogens with zero attached hydrogens (tertiary/aromatic N) is 1. The molecule has 1 aliphatic carbocycles. The Hall–Kier alpha value is -2.40. The molecule has 0 saturated heterocycles. The predicted octanol–water partition coefficient (Wildman–Crippen LogP) is 1.44. The average molecular weight is 268 g/mol. The summed E-state index contributed by atoms with van der Waals surface area (Å²) in [6.07, 6.45) is 2.59. The molecule has 0 aliphatic heterocycles. The zero-order valence-corrected chi connectivity index (χ0v) is 11.0. The van der Waals surface area contributed by atoms with Gasteiger partial charge in [-0.3, -0.25) is 4.79 Å². The molecule has 1 aliphatic rings. The SMILES string of the molecule is NNc1cc(C(=O)NCC2Cc3ccccc32)ccn1. The molecule has 1 heterocycles. The number of pyridine rings is 1. The van der Waals surface area contributed by atoms with E-state index in [4.69, 9.17) is 5.84 Å². The fourth-order valence-electron chi connectivity index (χ4n) is 2.51. The van der Waals surface area contributed by atoms with E-state index in [1.54, 1.807) is 18.3 Å². The molecule has 5 nitrogen and oxygen atoms in total. The quantitative estimate of drug-likeness (QED) is 0.579. The number of amides is 1. The van der Waals surface area contributed by atoms with E-state index in [9.17, 15) is 4.79 Å². The summed E-state index contributed by atoms with van der Waals surface area (Å²) in [5, 5.41) is 2.96. The van der Waals surface area contributed by atoms with Gasteiger partial charge in [-0.05, 0) is 29.7 Å². The molecule has 5 heteroatoms. The molecular weight excluding hydrogens is 252 g/mol. The van der Waals surface area contributed by atoms with Gasteiger partial charge in [-0.1, -0.05) is 24.3 Å². The highest BCUT2D eigenvalue weighted by molar-refractivity contribution is 5.94. The second-order valence-corrected chi connectivity index (χ2v) is 4.88. The summed E-state index contributed by atoms with van der Waals surface area (Å²) in [5.74, 6) is 6.08. The van der Waals surface area contributed by atoms with E-state index < -0.39 is 0 Å². The van der Waals surface area contributed by atoms with E-state index >= 15 is 0 Å². The number of anilines is 1. The normalized spacial score (nSPS) is 15.9. The molecular formula is C15H16N4O. The van der Waals surface area contributed by atoms with E-state index in [2.05, 4.69) is 27.9 Å². The number of rotatable bonds is 4. The lowest BCUT2D eigenvalue weighted by molar-refractivity contribution is 0.0950. The monoisotopic (exact) mass is 268 g/mol. The van der Waals surface area contributed by atoms with Crippen molar-refractivity contribution in [1.82, 2.24) is 10.3 Å². The molecule has 0 spiro atoms. The summed E-state index contributed by atoms with van der Waals surface area (Å²) in [4.78, 5) is 16.0. The van der Waals surface area contributed by atoms with Crippen LogP contribution in [0.4, 0.5) is 5.82 Å². The number of fused-ring (bicyclic) bond motifs is 1. The maximum absolute atomic E-state index is 12.1. The van der Waals surface area contributed by atoms with Gasteiger partial charge in [-0.15, -0.1) is 0 Å². The summed E-state index contributed by atoms with van der Waals surface area (Å²) in [6, 6.07) is 11.6. The molecule has 3 rings (SSSR count). The molecule has 1 unspecified atom stereocenters.